The average molecular weight is 257 g/mol. The summed E-state index contributed by atoms with van der Waals surface area (Å²) in [5.41, 5.74) is 2.70. The van der Waals surface area contributed by atoms with Crippen molar-refractivity contribution in [3.8, 4) is 0 Å². The normalized spacial score (nSPS) is 16.5. The predicted molar refractivity (Wildman–Crippen MR) is 72.6 cm³/mol. The molecule has 0 radical (unpaired) electrons. The van der Waals surface area contributed by atoms with Gasteiger partial charge in [-0.3, -0.25) is 0 Å². The summed E-state index contributed by atoms with van der Waals surface area (Å²) in [6.45, 7) is 3.01. The monoisotopic (exact) mass is 257 g/mol. The number of hydrogen-bond donors (Lipinski definition) is 1. The van der Waals surface area contributed by atoms with Crippen molar-refractivity contribution in [1.29, 1.82) is 0 Å². The molecule has 0 saturated heterocycles. The first-order valence-corrected chi connectivity index (χ1v) is 6.88. The Hall–Kier alpha value is -1.68. The molecule has 19 heavy (non-hydrogen) atoms. The molecule has 1 N–H and O–H groups in total. The van der Waals surface area contributed by atoms with Gasteiger partial charge in [-0.2, -0.15) is 4.98 Å². The SMILES string of the molecule is Cc1ccc(C(NCCc2ncon2)C2CC2)cc1. The van der Waals surface area contributed by atoms with Crippen LogP contribution >= 0.6 is 0 Å². The fraction of sp³-hybridized carbons (Fsp3) is 0.467. The molecule has 1 aliphatic rings. The molecule has 1 saturated carbocycles. The molecule has 1 aromatic heterocycles. The molecule has 0 bridgehead atoms. The number of hydrogen-bond acceptors (Lipinski definition) is 4. The molecule has 100 valence electrons. The minimum absolute atomic E-state index is 0.465. The van der Waals surface area contributed by atoms with Gasteiger partial charge < -0.3 is 9.84 Å². The molecular formula is C15H19N3O. The van der Waals surface area contributed by atoms with Crippen LogP contribution in [-0.2, 0) is 6.42 Å². The molecule has 1 unspecified atom stereocenters. The van der Waals surface area contributed by atoms with E-state index in [2.05, 4.69) is 46.6 Å². The summed E-state index contributed by atoms with van der Waals surface area (Å²) < 4.78 is 4.74. The molecule has 1 atom stereocenters. The summed E-state index contributed by atoms with van der Waals surface area (Å²) in [5, 5.41) is 7.47. The smallest absolute Gasteiger partial charge is 0.213 e. The number of nitrogens with one attached hydrogen (secondary N) is 1. The van der Waals surface area contributed by atoms with Crippen molar-refractivity contribution >= 4 is 0 Å². The van der Waals surface area contributed by atoms with E-state index >= 15 is 0 Å². The topological polar surface area (TPSA) is 51.0 Å². The summed E-state index contributed by atoms with van der Waals surface area (Å²) in [4.78, 5) is 4.04. The molecule has 1 heterocycles. The van der Waals surface area contributed by atoms with Crippen molar-refractivity contribution in [1.82, 2.24) is 15.5 Å². The Bertz CT molecular complexity index is 503. The zero-order chi connectivity index (χ0) is 13.1. The Kier molecular flexibility index (Phi) is 3.60. The number of benzene rings is 1. The van der Waals surface area contributed by atoms with Crippen LogP contribution in [0.5, 0.6) is 0 Å². The van der Waals surface area contributed by atoms with Gasteiger partial charge in [0.25, 0.3) is 0 Å². The van der Waals surface area contributed by atoms with Gasteiger partial charge >= 0.3 is 0 Å². The van der Waals surface area contributed by atoms with Crippen molar-refractivity contribution in [3.05, 3.63) is 47.6 Å². The van der Waals surface area contributed by atoms with Crippen LogP contribution in [0.3, 0.4) is 0 Å². The highest BCUT2D eigenvalue weighted by Gasteiger charge is 2.31. The quantitative estimate of drug-likeness (QED) is 0.864. The Morgan fingerprint density at radius 3 is 2.74 bits per heavy atom. The second-order valence-electron chi connectivity index (χ2n) is 5.28. The van der Waals surface area contributed by atoms with Crippen LogP contribution in [0.25, 0.3) is 0 Å². The lowest BCUT2D eigenvalue weighted by molar-refractivity contribution is 0.407. The first-order chi connectivity index (χ1) is 9.33. The molecule has 4 heteroatoms. The van der Waals surface area contributed by atoms with Gasteiger partial charge in [0.15, 0.2) is 5.82 Å². The van der Waals surface area contributed by atoms with E-state index in [4.69, 9.17) is 4.52 Å². The maximum Gasteiger partial charge on any atom is 0.213 e. The minimum Gasteiger partial charge on any atom is -0.343 e. The summed E-state index contributed by atoms with van der Waals surface area (Å²) in [5.74, 6) is 1.55. The molecular weight excluding hydrogens is 238 g/mol. The molecule has 1 aromatic carbocycles. The van der Waals surface area contributed by atoms with Crippen molar-refractivity contribution in [3.63, 3.8) is 0 Å². The highest BCUT2D eigenvalue weighted by Crippen LogP contribution is 2.40. The molecule has 0 amide bonds. The molecule has 0 spiro atoms. The number of aryl methyl sites for hydroxylation is 1. The Labute approximate surface area is 113 Å². The van der Waals surface area contributed by atoms with Gasteiger partial charge in [0.05, 0.1) is 0 Å². The van der Waals surface area contributed by atoms with Gasteiger partial charge in [0, 0.05) is 19.0 Å². The second kappa shape index (κ2) is 5.53. The van der Waals surface area contributed by atoms with Crippen molar-refractivity contribution < 1.29 is 4.52 Å². The summed E-state index contributed by atoms with van der Waals surface area (Å²) in [6, 6.07) is 9.31. The fourth-order valence-corrected chi connectivity index (χ4v) is 2.40. The van der Waals surface area contributed by atoms with E-state index in [-0.39, 0.29) is 0 Å². The maximum absolute atomic E-state index is 4.74. The summed E-state index contributed by atoms with van der Waals surface area (Å²) in [6.07, 6.45) is 4.85. The van der Waals surface area contributed by atoms with Crippen LogP contribution < -0.4 is 5.32 Å². The minimum atomic E-state index is 0.465. The molecule has 0 aliphatic heterocycles. The summed E-state index contributed by atoms with van der Waals surface area (Å²) >= 11 is 0. The van der Waals surface area contributed by atoms with E-state index in [0.29, 0.717) is 6.04 Å². The van der Waals surface area contributed by atoms with Gasteiger partial charge in [0.1, 0.15) is 0 Å². The van der Waals surface area contributed by atoms with Crippen LogP contribution in [0.4, 0.5) is 0 Å². The van der Waals surface area contributed by atoms with Crippen molar-refractivity contribution in [2.75, 3.05) is 6.54 Å². The van der Waals surface area contributed by atoms with Crippen LogP contribution in [0.15, 0.2) is 35.2 Å². The van der Waals surface area contributed by atoms with Gasteiger partial charge in [-0.25, -0.2) is 0 Å². The Morgan fingerprint density at radius 1 is 1.32 bits per heavy atom. The average Bonchev–Trinajstić information content (AvgIpc) is 3.13. The standard InChI is InChI=1S/C15H19N3O/c1-11-2-4-12(5-3-11)15(13-6-7-13)16-9-8-14-17-10-19-18-14/h2-5,10,13,15-16H,6-9H2,1H3. The number of aromatic nitrogens is 2. The van der Waals surface area contributed by atoms with Crippen LogP contribution in [0.1, 0.15) is 35.8 Å². The zero-order valence-corrected chi connectivity index (χ0v) is 11.2. The molecule has 1 aliphatic carbocycles. The van der Waals surface area contributed by atoms with Gasteiger partial charge in [-0.1, -0.05) is 35.0 Å². The molecule has 3 rings (SSSR count). The van der Waals surface area contributed by atoms with E-state index in [0.717, 1.165) is 24.7 Å². The van der Waals surface area contributed by atoms with Crippen molar-refractivity contribution in [2.24, 2.45) is 5.92 Å². The highest BCUT2D eigenvalue weighted by molar-refractivity contribution is 5.25. The lowest BCUT2D eigenvalue weighted by atomic mass is 10.0. The van der Waals surface area contributed by atoms with Crippen LogP contribution in [0, 0.1) is 12.8 Å². The third-order valence-corrected chi connectivity index (χ3v) is 3.65. The second-order valence-corrected chi connectivity index (χ2v) is 5.28. The number of nitrogens with zero attached hydrogens (tertiary/aromatic N) is 2. The molecule has 1 fully saturated rings. The Balaban J connectivity index is 1.60. The van der Waals surface area contributed by atoms with Gasteiger partial charge in [0.2, 0.25) is 6.39 Å². The number of rotatable bonds is 6. The van der Waals surface area contributed by atoms with Gasteiger partial charge in [-0.05, 0) is 31.2 Å². The maximum atomic E-state index is 4.74. The van der Waals surface area contributed by atoms with E-state index in [9.17, 15) is 0 Å². The lowest BCUT2D eigenvalue weighted by Gasteiger charge is -2.18. The zero-order valence-electron chi connectivity index (χ0n) is 11.2. The van der Waals surface area contributed by atoms with Crippen LogP contribution in [0.2, 0.25) is 0 Å². The van der Waals surface area contributed by atoms with Gasteiger partial charge in [-0.15, -0.1) is 0 Å². The lowest BCUT2D eigenvalue weighted by Crippen LogP contribution is -2.25. The molecule has 4 nitrogen and oxygen atoms in total. The molecule has 2 aromatic rings. The van der Waals surface area contributed by atoms with E-state index < -0.39 is 0 Å². The van der Waals surface area contributed by atoms with E-state index in [1.807, 2.05) is 0 Å². The largest absolute Gasteiger partial charge is 0.343 e. The highest BCUT2D eigenvalue weighted by atomic mass is 16.5. The third-order valence-electron chi connectivity index (χ3n) is 3.65. The Morgan fingerprint density at radius 2 is 2.11 bits per heavy atom. The third kappa shape index (κ3) is 3.20. The van der Waals surface area contributed by atoms with Crippen LogP contribution in [-0.4, -0.2) is 16.7 Å². The van der Waals surface area contributed by atoms with Crippen molar-refractivity contribution in [2.45, 2.75) is 32.2 Å². The van der Waals surface area contributed by atoms with E-state index in [1.54, 1.807) is 0 Å². The predicted octanol–water partition coefficient (Wildman–Crippen LogP) is 2.66. The first-order valence-electron chi connectivity index (χ1n) is 6.88. The van der Waals surface area contributed by atoms with E-state index in [1.165, 1.54) is 30.4 Å². The fourth-order valence-electron chi connectivity index (χ4n) is 2.40. The first kappa shape index (κ1) is 12.4. The summed E-state index contributed by atoms with van der Waals surface area (Å²) in [7, 11) is 0.